The van der Waals surface area contributed by atoms with E-state index < -0.39 is 0 Å². The quantitative estimate of drug-likeness (QED) is 0.415. The van der Waals surface area contributed by atoms with Gasteiger partial charge in [0.05, 0.1) is 0 Å². The number of aromatic nitrogens is 3. The molecular formula is C22H33N9. The molecule has 2 aliphatic rings. The van der Waals surface area contributed by atoms with E-state index in [4.69, 9.17) is 0 Å². The van der Waals surface area contributed by atoms with Crippen LogP contribution in [0.3, 0.4) is 0 Å². The molecule has 0 aromatic carbocycles. The maximum Gasteiger partial charge on any atom is 0.225 e. The fraction of sp³-hybridized carbons (Fsp3) is 0.545. The molecule has 2 saturated heterocycles. The Bertz CT molecular complexity index is 798. The molecule has 0 atom stereocenters. The lowest BCUT2D eigenvalue weighted by atomic mass is 10.3. The summed E-state index contributed by atoms with van der Waals surface area (Å²) in [5.41, 5.74) is 0. The molecule has 4 heterocycles. The molecule has 0 spiro atoms. The van der Waals surface area contributed by atoms with E-state index in [-0.39, 0.29) is 0 Å². The predicted octanol–water partition coefficient (Wildman–Crippen LogP) is 0.781. The second kappa shape index (κ2) is 10.9. The van der Waals surface area contributed by atoms with Gasteiger partial charge in [-0.15, -0.1) is 0 Å². The van der Waals surface area contributed by atoms with Gasteiger partial charge in [0.2, 0.25) is 5.95 Å². The van der Waals surface area contributed by atoms with Crippen LogP contribution in [0.1, 0.15) is 6.42 Å². The van der Waals surface area contributed by atoms with E-state index in [2.05, 4.69) is 50.9 Å². The van der Waals surface area contributed by atoms with Crippen molar-refractivity contribution in [2.24, 2.45) is 4.99 Å². The molecule has 0 radical (unpaired) electrons. The van der Waals surface area contributed by atoms with Crippen LogP contribution in [0.15, 0.2) is 47.8 Å². The fourth-order valence-corrected chi connectivity index (χ4v) is 4.15. The number of hydrogen-bond acceptors (Lipinski definition) is 7. The van der Waals surface area contributed by atoms with Gasteiger partial charge in [-0.25, -0.2) is 15.0 Å². The Kier molecular flexibility index (Phi) is 7.49. The zero-order valence-electron chi connectivity index (χ0n) is 18.4. The molecule has 166 valence electrons. The summed E-state index contributed by atoms with van der Waals surface area (Å²) in [6.45, 7) is 9.97. The second-order valence-electron chi connectivity index (χ2n) is 7.87. The highest BCUT2D eigenvalue weighted by molar-refractivity contribution is 5.80. The van der Waals surface area contributed by atoms with Crippen molar-refractivity contribution in [1.29, 1.82) is 0 Å². The van der Waals surface area contributed by atoms with Gasteiger partial charge in [-0.05, 0) is 31.2 Å². The molecule has 2 fully saturated rings. The van der Waals surface area contributed by atoms with E-state index in [1.807, 2.05) is 43.8 Å². The lowest BCUT2D eigenvalue weighted by molar-refractivity contribution is 0.253. The molecule has 0 bridgehead atoms. The third-order valence-electron chi connectivity index (χ3n) is 5.91. The van der Waals surface area contributed by atoms with Crippen LogP contribution < -0.4 is 15.1 Å². The number of piperazine rings is 2. The molecular weight excluding hydrogens is 390 g/mol. The first-order valence-corrected chi connectivity index (χ1v) is 11.2. The van der Waals surface area contributed by atoms with E-state index in [1.54, 1.807) is 0 Å². The van der Waals surface area contributed by atoms with Gasteiger partial charge >= 0.3 is 0 Å². The van der Waals surface area contributed by atoms with Gasteiger partial charge in [-0.1, -0.05) is 6.07 Å². The predicted molar refractivity (Wildman–Crippen MR) is 125 cm³/mol. The van der Waals surface area contributed by atoms with Crippen LogP contribution in [-0.4, -0.2) is 103 Å². The molecule has 2 aromatic heterocycles. The van der Waals surface area contributed by atoms with Crippen molar-refractivity contribution in [2.75, 3.05) is 82.3 Å². The number of pyridine rings is 1. The summed E-state index contributed by atoms with van der Waals surface area (Å²) < 4.78 is 0. The van der Waals surface area contributed by atoms with Crippen LogP contribution in [0.25, 0.3) is 0 Å². The zero-order valence-corrected chi connectivity index (χ0v) is 18.4. The van der Waals surface area contributed by atoms with Crippen LogP contribution in [0.5, 0.6) is 0 Å². The minimum absolute atomic E-state index is 0.843. The highest BCUT2D eigenvalue weighted by Gasteiger charge is 2.21. The van der Waals surface area contributed by atoms with Gasteiger partial charge in [-0.2, -0.15) is 0 Å². The van der Waals surface area contributed by atoms with Gasteiger partial charge in [-0.3, -0.25) is 9.89 Å². The zero-order chi connectivity index (χ0) is 21.3. The molecule has 31 heavy (non-hydrogen) atoms. The maximum atomic E-state index is 4.50. The third-order valence-corrected chi connectivity index (χ3v) is 5.91. The van der Waals surface area contributed by atoms with Crippen LogP contribution >= 0.6 is 0 Å². The van der Waals surface area contributed by atoms with Crippen molar-refractivity contribution in [3.8, 4) is 0 Å². The fourth-order valence-electron chi connectivity index (χ4n) is 4.15. The van der Waals surface area contributed by atoms with Crippen LogP contribution in [0.2, 0.25) is 0 Å². The summed E-state index contributed by atoms with van der Waals surface area (Å²) in [6.07, 6.45) is 6.59. The van der Waals surface area contributed by atoms with Crippen molar-refractivity contribution in [2.45, 2.75) is 6.42 Å². The van der Waals surface area contributed by atoms with E-state index in [9.17, 15) is 0 Å². The van der Waals surface area contributed by atoms with Gasteiger partial charge in [0.1, 0.15) is 5.82 Å². The summed E-state index contributed by atoms with van der Waals surface area (Å²) in [6, 6.07) is 7.95. The van der Waals surface area contributed by atoms with Crippen molar-refractivity contribution in [1.82, 2.24) is 30.1 Å². The van der Waals surface area contributed by atoms with Gasteiger partial charge < -0.3 is 20.0 Å². The maximum absolute atomic E-state index is 4.50. The number of hydrogen-bond donors (Lipinski definition) is 1. The number of nitrogens with zero attached hydrogens (tertiary/aromatic N) is 8. The van der Waals surface area contributed by atoms with Gasteiger partial charge in [0.25, 0.3) is 0 Å². The molecule has 0 amide bonds. The summed E-state index contributed by atoms with van der Waals surface area (Å²) in [4.78, 5) is 27.2. The van der Waals surface area contributed by atoms with E-state index in [0.29, 0.717) is 0 Å². The topological polar surface area (TPSA) is 76.0 Å². The molecule has 4 rings (SSSR count). The SMILES string of the molecule is CN=C(NCCCN1CCN(c2ncccn2)CC1)N1CCN(c2ccccn2)CC1. The Morgan fingerprint density at radius 3 is 2.26 bits per heavy atom. The van der Waals surface area contributed by atoms with Crippen LogP contribution in [-0.2, 0) is 0 Å². The first kappa shape index (κ1) is 21.3. The molecule has 2 aliphatic heterocycles. The summed E-state index contributed by atoms with van der Waals surface area (Å²) in [5, 5.41) is 3.55. The number of anilines is 2. The molecule has 0 unspecified atom stereocenters. The van der Waals surface area contributed by atoms with Crippen LogP contribution in [0, 0.1) is 0 Å². The number of rotatable bonds is 6. The Morgan fingerprint density at radius 1 is 0.871 bits per heavy atom. The Hall–Kier alpha value is -2.94. The summed E-state index contributed by atoms with van der Waals surface area (Å²) in [7, 11) is 1.87. The Morgan fingerprint density at radius 2 is 1.58 bits per heavy atom. The smallest absolute Gasteiger partial charge is 0.225 e. The minimum atomic E-state index is 0.843. The standard InChI is InChI=1S/C22H33N9/c1-23-21(30-18-16-29(17-19-30)20-6-2-3-7-24-20)25-10-5-11-28-12-14-31(15-13-28)22-26-8-4-9-27-22/h2-4,6-9H,5,10-19H2,1H3,(H,23,25). The normalized spacial score (nSPS) is 18.4. The molecule has 1 N–H and O–H groups in total. The van der Waals surface area contributed by atoms with Crippen molar-refractivity contribution < 1.29 is 0 Å². The average molecular weight is 424 g/mol. The molecule has 9 heteroatoms. The first-order chi connectivity index (χ1) is 15.3. The third kappa shape index (κ3) is 5.81. The minimum Gasteiger partial charge on any atom is -0.356 e. The number of aliphatic imine (C=N–C) groups is 1. The first-order valence-electron chi connectivity index (χ1n) is 11.2. The molecule has 0 aliphatic carbocycles. The lowest BCUT2D eigenvalue weighted by Crippen LogP contribution is -2.53. The lowest BCUT2D eigenvalue weighted by Gasteiger charge is -2.37. The van der Waals surface area contributed by atoms with Crippen molar-refractivity contribution in [3.05, 3.63) is 42.9 Å². The van der Waals surface area contributed by atoms with Gasteiger partial charge in [0, 0.05) is 84.5 Å². The second-order valence-corrected chi connectivity index (χ2v) is 7.87. The number of nitrogens with one attached hydrogen (secondary N) is 1. The monoisotopic (exact) mass is 423 g/mol. The van der Waals surface area contributed by atoms with E-state index >= 15 is 0 Å². The molecule has 0 saturated carbocycles. The summed E-state index contributed by atoms with van der Waals surface area (Å²) >= 11 is 0. The van der Waals surface area contributed by atoms with Crippen LogP contribution in [0.4, 0.5) is 11.8 Å². The average Bonchev–Trinajstić information content (AvgIpc) is 2.86. The summed E-state index contributed by atoms with van der Waals surface area (Å²) in [5.74, 6) is 2.91. The molecule has 9 nitrogen and oxygen atoms in total. The van der Waals surface area contributed by atoms with Gasteiger partial charge in [0.15, 0.2) is 5.96 Å². The Balaban J connectivity index is 1.13. The highest BCUT2D eigenvalue weighted by Crippen LogP contribution is 2.13. The van der Waals surface area contributed by atoms with Crippen molar-refractivity contribution >= 4 is 17.7 Å². The Labute approximate surface area is 184 Å². The highest BCUT2D eigenvalue weighted by atomic mass is 15.4. The largest absolute Gasteiger partial charge is 0.356 e. The molecule has 2 aromatic rings. The van der Waals surface area contributed by atoms with E-state index in [0.717, 1.165) is 89.6 Å². The van der Waals surface area contributed by atoms with E-state index in [1.165, 1.54) is 0 Å². The number of guanidine groups is 1. The van der Waals surface area contributed by atoms with Crippen molar-refractivity contribution in [3.63, 3.8) is 0 Å².